The lowest BCUT2D eigenvalue weighted by Gasteiger charge is -2.28. The van der Waals surface area contributed by atoms with Gasteiger partial charge in [-0.3, -0.25) is 4.18 Å². The van der Waals surface area contributed by atoms with Crippen molar-refractivity contribution in [1.82, 2.24) is 0 Å². The Morgan fingerprint density at radius 3 is 1.24 bits per heavy atom. The van der Waals surface area contributed by atoms with E-state index in [1.54, 1.807) is 30.3 Å². The second-order valence-electron chi connectivity index (χ2n) is 14.2. The monoisotopic (exact) mass is 669 g/mol. The van der Waals surface area contributed by atoms with Gasteiger partial charge in [-0.25, -0.2) is 0 Å². The number of quaternary nitrogens is 1. The fourth-order valence-electron chi connectivity index (χ4n) is 5.88. The molecule has 0 unspecified atom stereocenters. The van der Waals surface area contributed by atoms with Gasteiger partial charge in [0.2, 0.25) is 0 Å². The van der Waals surface area contributed by atoms with Gasteiger partial charge >= 0.3 is 0 Å². The maximum atomic E-state index is 11.9. The molecular formula is C40H78NO4S+. The van der Waals surface area contributed by atoms with Crippen LogP contribution in [0, 0.1) is 0 Å². The zero-order chi connectivity index (χ0) is 34.0. The van der Waals surface area contributed by atoms with Gasteiger partial charge in [0.15, 0.2) is 0 Å². The Balaban J connectivity index is 0.000000883. The number of hydrogen-bond acceptors (Lipinski definition) is 4. The maximum Gasteiger partial charge on any atom is 0.296 e. The van der Waals surface area contributed by atoms with Gasteiger partial charge in [-0.2, -0.15) is 8.42 Å². The number of benzene rings is 1. The second-order valence-corrected chi connectivity index (χ2v) is 15.8. The van der Waals surface area contributed by atoms with Crippen LogP contribution in [0.15, 0.2) is 35.2 Å². The Bertz CT molecular complexity index is 844. The molecule has 1 aromatic carbocycles. The van der Waals surface area contributed by atoms with E-state index in [9.17, 15) is 8.42 Å². The molecule has 46 heavy (non-hydrogen) atoms. The predicted octanol–water partition coefficient (Wildman–Crippen LogP) is 11.6. The Kier molecular flexibility index (Phi) is 31.9. The fraction of sp³-hybridized carbons (Fsp3) is 0.850. The van der Waals surface area contributed by atoms with E-state index >= 15 is 0 Å². The van der Waals surface area contributed by atoms with Crippen LogP contribution in [0.3, 0.4) is 0 Å². The van der Waals surface area contributed by atoms with Crippen molar-refractivity contribution in [3.63, 3.8) is 0 Å². The summed E-state index contributed by atoms with van der Waals surface area (Å²) in [6, 6.07) is 8.33. The fourth-order valence-corrected chi connectivity index (χ4v) is 6.85. The summed E-state index contributed by atoms with van der Waals surface area (Å²) in [5, 5.41) is 9.02. The van der Waals surface area contributed by atoms with E-state index < -0.39 is 10.1 Å². The molecule has 1 N–H and O–H groups in total. The molecular weight excluding hydrogens is 591 g/mol. The van der Waals surface area contributed by atoms with E-state index in [4.69, 9.17) is 9.29 Å². The van der Waals surface area contributed by atoms with Crippen LogP contribution in [0.4, 0.5) is 0 Å². The average Bonchev–Trinajstić information content (AvgIpc) is 3.04. The van der Waals surface area contributed by atoms with Crippen LogP contribution >= 0.6 is 0 Å². The molecule has 0 atom stereocenters. The largest absolute Gasteiger partial charge is 0.391 e. The van der Waals surface area contributed by atoms with E-state index in [1.165, 1.54) is 161 Å². The number of rotatable bonds is 32. The van der Waals surface area contributed by atoms with Crippen molar-refractivity contribution in [3.8, 4) is 0 Å². The Hall–Kier alpha value is -0.950. The topological polar surface area (TPSA) is 63.6 Å². The number of likely N-dealkylation sites (N-methyl/N-ethyl adjacent to an activating group) is 1. The van der Waals surface area contributed by atoms with Gasteiger partial charge in [-0.15, -0.1) is 0 Å². The number of hydrogen-bond donors (Lipinski definition) is 1. The summed E-state index contributed by atoms with van der Waals surface area (Å²) in [4.78, 5) is 0.238. The lowest BCUT2D eigenvalue weighted by Crippen LogP contribution is -2.42. The van der Waals surface area contributed by atoms with Crippen LogP contribution in [0.5, 0.6) is 0 Å². The highest BCUT2D eigenvalue weighted by atomic mass is 32.2. The summed E-state index contributed by atoms with van der Waals surface area (Å²) < 4.78 is 29.8. The first-order chi connectivity index (χ1) is 22.3. The van der Waals surface area contributed by atoms with Crippen molar-refractivity contribution in [3.05, 3.63) is 30.3 Å². The number of aliphatic hydroxyl groups excluding tert-OH is 1. The van der Waals surface area contributed by atoms with E-state index in [0.29, 0.717) is 6.61 Å². The summed E-state index contributed by atoms with van der Waals surface area (Å²) in [5.74, 6) is 0. The summed E-state index contributed by atoms with van der Waals surface area (Å²) in [5.41, 5.74) is 0. The highest BCUT2D eigenvalue weighted by Crippen LogP contribution is 2.15. The molecule has 1 rings (SSSR count). The van der Waals surface area contributed by atoms with Crippen molar-refractivity contribution in [2.24, 2.45) is 0 Å². The van der Waals surface area contributed by atoms with Gasteiger partial charge in [-0.1, -0.05) is 180 Å². The lowest BCUT2D eigenvalue weighted by atomic mass is 10.0. The Morgan fingerprint density at radius 1 is 0.522 bits per heavy atom. The first-order valence-corrected chi connectivity index (χ1v) is 21.1. The van der Waals surface area contributed by atoms with Crippen molar-refractivity contribution < 1.29 is 22.2 Å². The van der Waals surface area contributed by atoms with E-state index in [-0.39, 0.29) is 11.5 Å². The Morgan fingerprint density at radius 2 is 0.870 bits per heavy atom. The van der Waals surface area contributed by atoms with E-state index in [1.807, 2.05) is 0 Å². The van der Waals surface area contributed by atoms with E-state index in [2.05, 4.69) is 27.9 Å². The van der Waals surface area contributed by atoms with Crippen LogP contribution in [0.2, 0.25) is 0 Å². The smallest absolute Gasteiger partial charge is 0.296 e. The highest BCUT2D eigenvalue weighted by molar-refractivity contribution is 7.86. The third kappa shape index (κ3) is 30.4. The predicted molar refractivity (Wildman–Crippen MR) is 200 cm³/mol. The zero-order valence-electron chi connectivity index (χ0n) is 31.1. The zero-order valence-corrected chi connectivity index (χ0v) is 31.9. The molecule has 0 saturated heterocycles. The molecule has 272 valence electrons. The van der Waals surface area contributed by atoms with Crippen LogP contribution in [0.25, 0.3) is 0 Å². The summed E-state index contributed by atoms with van der Waals surface area (Å²) in [7, 11) is 0.877. The van der Waals surface area contributed by atoms with Crippen molar-refractivity contribution >= 4 is 10.1 Å². The van der Waals surface area contributed by atoms with Crippen LogP contribution in [-0.2, 0) is 14.3 Å². The molecule has 0 radical (unpaired) electrons. The minimum absolute atomic E-state index is 0.238. The van der Waals surface area contributed by atoms with Gasteiger partial charge in [0.25, 0.3) is 10.1 Å². The minimum Gasteiger partial charge on any atom is -0.391 e. The van der Waals surface area contributed by atoms with Gasteiger partial charge in [0.05, 0.1) is 38.7 Å². The Labute approximate surface area is 288 Å². The highest BCUT2D eigenvalue weighted by Gasteiger charge is 2.14. The molecule has 0 aromatic heterocycles. The molecule has 5 nitrogen and oxygen atoms in total. The molecule has 0 heterocycles. The summed E-state index contributed by atoms with van der Waals surface area (Å²) >= 11 is 0. The van der Waals surface area contributed by atoms with Crippen molar-refractivity contribution in [1.29, 1.82) is 0 Å². The second kappa shape index (κ2) is 32.6. The van der Waals surface area contributed by atoms with Crippen molar-refractivity contribution in [2.45, 2.75) is 186 Å². The minimum atomic E-state index is -3.57. The van der Waals surface area contributed by atoms with Gasteiger partial charge < -0.3 is 9.59 Å². The van der Waals surface area contributed by atoms with E-state index in [0.717, 1.165) is 23.9 Å². The molecule has 0 aliphatic heterocycles. The SMILES string of the molecule is CCCCCCCCCCCCCCCCCC[N+](C)(C)CCO.CCCCCCCCCCCCOS(=O)(=O)c1ccccc1. The number of nitrogens with zero attached hydrogens (tertiary/aromatic N) is 1. The molecule has 0 aliphatic rings. The standard InChI is InChI=1S/C22H48NO.C18H30O3S/c1-4-5-6-7-8-9-10-11-12-13-14-15-16-17-18-19-20-23(2,3)21-22-24;1-2-3-4-5-6-7-8-9-10-14-17-21-22(19,20)18-15-12-11-13-16-18/h24H,4-22H2,1-3H3;11-13,15-16H,2-10,14,17H2,1H3/q+1;. The van der Waals surface area contributed by atoms with Crippen LogP contribution in [0.1, 0.15) is 181 Å². The molecule has 1 aromatic rings. The average molecular weight is 669 g/mol. The third-order valence-corrected chi connectivity index (χ3v) is 10.4. The third-order valence-electron chi connectivity index (χ3n) is 9.09. The molecule has 0 aliphatic carbocycles. The molecule has 6 heteroatoms. The lowest BCUT2D eigenvalue weighted by molar-refractivity contribution is -0.890. The molecule has 0 fully saturated rings. The normalized spacial score (nSPS) is 11.8. The van der Waals surface area contributed by atoms with Gasteiger partial charge in [0, 0.05) is 0 Å². The first kappa shape index (κ1) is 45.0. The van der Waals surface area contributed by atoms with Crippen LogP contribution in [-0.4, -0.2) is 58.4 Å². The van der Waals surface area contributed by atoms with Crippen LogP contribution < -0.4 is 0 Å². The number of unbranched alkanes of at least 4 members (excludes halogenated alkanes) is 24. The molecule has 0 spiro atoms. The molecule has 0 bridgehead atoms. The van der Waals surface area contributed by atoms with Gasteiger partial charge in [-0.05, 0) is 31.4 Å². The number of aliphatic hydroxyl groups is 1. The molecule has 0 amide bonds. The maximum absolute atomic E-state index is 11.9. The van der Waals surface area contributed by atoms with Crippen molar-refractivity contribution in [2.75, 3.05) is 40.4 Å². The van der Waals surface area contributed by atoms with Gasteiger partial charge in [0.1, 0.15) is 6.54 Å². The summed E-state index contributed by atoms with van der Waals surface area (Å²) in [6.07, 6.45) is 35.1. The first-order valence-electron chi connectivity index (χ1n) is 19.7. The summed E-state index contributed by atoms with van der Waals surface area (Å²) in [6.45, 7) is 7.22. The quantitative estimate of drug-likeness (QED) is 0.0471. The molecule has 0 saturated carbocycles.